The minimum Gasteiger partial charge on any atom is -0.325 e. The molecule has 0 aliphatic rings. The molecule has 0 heterocycles. The van der Waals surface area contributed by atoms with Gasteiger partial charge in [-0.25, -0.2) is 4.79 Å². The van der Waals surface area contributed by atoms with Crippen molar-refractivity contribution >= 4 is 23.3 Å². The number of urea groups is 1. The van der Waals surface area contributed by atoms with Crippen molar-refractivity contribution in [1.29, 1.82) is 0 Å². The van der Waals surface area contributed by atoms with Gasteiger partial charge in [0.15, 0.2) is 0 Å². The number of benzene rings is 1. The molecule has 0 atom stereocenters. The van der Waals surface area contributed by atoms with E-state index in [-0.39, 0.29) is 12.1 Å². The Morgan fingerprint density at radius 1 is 1.39 bits per heavy atom. The van der Waals surface area contributed by atoms with Crippen molar-refractivity contribution in [2.45, 2.75) is 39.7 Å². The molecule has 3 nitrogen and oxygen atoms in total. The van der Waals surface area contributed by atoms with Gasteiger partial charge in [-0.1, -0.05) is 31.5 Å². The molecule has 18 heavy (non-hydrogen) atoms. The summed E-state index contributed by atoms with van der Waals surface area (Å²) in [7, 11) is 1.82. The monoisotopic (exact) mass is 268 g/mol. The van der Waals surface area contributed by atoms with Gasteiger partial charge in [0.25, 0.3) is 0 Å². The Bertz CT molecular complexity index is 416. The van der Waals surface area contributed by atoms with Crippen LogP contribution < -0.4 is 5.32 Å². The predicted molar refractivity (Wildman–Crippen MR) is 77.3 cm³/mol. The first-order valence-electron chi connectivity index (χ1n) is 6.29. The SMILES string of the molecule is CCC(CC)N(C)C(=O)Nc1ccc(C)c(Cl)c1. The molecule has 0 saturated heterocycles. The van der Waals surface area contributed by atoms with Crippen molar-refractivity contribution in [3.8, 4) is 0 Å². The topological polar surface area (TPSA) is 32.3 Å². The average molecular weight is 269 g/mol. The molecular formula is C14H21ClN2O. The largest absolute Gasteiger partial charge is 0.325 e. The molecule has 1 aromatic rings. The van der Waals surface area contributed by atoms with Crippen molar-refractivity contribution in [2.24, 2.45) is 0 Å². The van der Waals surface area contributed by atoms with E-state index in [1.165, 1.54) is 0 Å². The van der Waals surface area contributed by atoms with Gasteiger partial charge in [0.2, 0.25) is 0 Å². The van der Waals surface area contributed by atoms with Gasteiger partial charge in [0, 0.05) is 23.8 Å². The van der Waals surface area contributed by atoms with E-state index in [1.807, 2.05) is 26.1 Å². The van der Waals surface area contributed by atoms with Crippen LogP contribution >= 0.6 is 11.6 Å². The fourth-order valence-corrected chi connectivity index (χ4v) is 2.07. The van der Waals surface area contributed by atoms with Crippen molar-refractivity contribution in [3.63, 3.8) is 0 Å². The van der Waals surface area contributed by atoms with Crippen LogP contribution in [0.2, 0.25) is 5.02 Å². The van der Waals surface area contributed by atoms with E-state index in [1.54, 1.807) is 11.0 Å². The quantitative estimate of drug-likeness (QED) is 0.867. The highest BCUT2D eigenvalue weighted by Gasteiger charge is 2.16. The summed E-state index contributed by atoms with van der Waals surface area (Å²) in [5, 5.41) is 3.53. The van der Waals surface area contributed by atoms with Crippen LogP contribution in [0, 0.1) is 6.92 Å². The molecule has 2 amide bonds. The number of aryl methyl sites for hydroxylation is 1. The molecule has 4 heteroatoms. The van der Waals surface area contributed by atoms with Crippen LogP contribution in [0.3, 0.4) is 0 Å². The van der Waals surface area contributed by atoms with Crippen LogP contribution in [-0.4, -0.2) is 24.0 Å². The molecule has 0 aromatic heterocycles. The fourth-order valence-electron chi connectivity index (χ4n) is 1.88. The third kappa shape index (κ3) is 3.64. The summed E-state index contributed by atoms with van der Waals surface area (Å²) in [6.07, 6.45) is 1.91. The summed E-state index contributed by atoms with van der Waals surface area (Å²) in [6, 6.07) is 5.71. The molecule has 0 bridgehead atoms. The number of hydrogen-bond donors (Lipinski definition) is 1. The third-order valence-corrected chi connectivity index (χ3v) is 3.64. The van der Waals surface area contributed by atoms with E-state index in [2.05, 4.69) is 19.2 Å². The molecular weight excluding hydrogens is 248 g/mol. The van der Waals surface area contributed by atoms with Gasteiger partial charge in [-0.3, -0.25) is 0 Å². The highest BCUT2D eigenvalue weighted by atomic mass is 35.5. The van der Waals surface area contributed by atoms with Crippen LogP contribution in [0.25, 0.3) is 0 Å². The summed E-state index contributed by atoms with van der Waals surface area (Å²) in [5.41, 5.74) is 1.73. The molecule has 0 spiro atoms. The lowest BCUT2D eigenvalue weighted by Gasteiger charge is -2.26. The zero-order valence-corrected chi connectivity index (χ0v) is 12.2. The smallest absolute Gasteiger partial charge is 0.321 e. The van der Waals surface area contributed by atoms with Gasteiger partial charge >= 0.3 is 6.03 Å². The summed E-state index contributed by atoms with van der Waals surface area (Å²) < 4.78 is 0. The number of hydrogen-bond acceptors (Lipinski definition) is 1. The molecule has 0 radical (unpaired) electrons. The molecule has 100 valence electrons. The minimum absolute atomic E-state index is 0.0939. The standard InChI is InChI=1S/C14H21ClN2O/c1-5-12(6-2)17(4)14(18)16-11-8-7-10(3)13(15)9-11/h7-9,12H,5-6H2,1-4H3,(H,16,18). The lowest BCUT2D eigenvalue weighted by atomic mass is 10.1. The number of halogens is 1. The zero-order chi connectivity index (χ0) is 13.7. The highest BCUT2D eigenvalue weighted by Crippen LogP contribution is 2.20. The number of rotatable bonds is 4. The average Bonchev–Trinajstić information content (AvgIpc) is 2.35. The van der Waals surface area contributed by atoms with Crippen LogP contribution in [0.4, 0.5) is 10.5 Å². The number of carbonyl (C=O) groups is 1. The first-order chi connectivity index (χ1) is 8.49. The lowest BCUT2D eigenvalue weighted by Crippen LogP contribution is -2.39. The van der Waals surface area contributed by atoms with Crippen molar-refractivity contribution in [1.82, 2.24) is 4.90 Å². The number of amides is 2. The van der Waals surface area contributed by atoms with Crippen molar-refractivity contribution in [2.75, 3.05) is 12.4 Å². The van der Waals surface area contributed by atoms with E-state index in [4.69, 9.17) is 11.6 Å². The van der Waals surface area contributed by atoms with E-state index < -0.39 is 0 Å². The second-order valence-electron chi connectivity index (χ2n) is 4.48. The lowest BCUT2D eigenvalue weighted by molar-refractivity contribution is 0.200. The maximum absolute atomic E-state index is 12.0. The van der Waals surface area contributed by atoms with Crippen LogP contribution in [-0.2, 0) is 0 Å². The molecule has 0 saturated carbocycles. The van der Waals surface area contributed by atoms with E-state index in [0.717, 1.165) is 24.1 Å². The van der Waals surface area contributed by atoms with Gasteiger partial charge < -0.3 is 10.2 Å². The van der Waals surface area contributed by atoms with Crippen molar-refractivity contribution < 1.29 is 4.79 Å². The Morgan fingerprint density at radius 2 is 2.00 bits per heavy atom. The molecule has 0 fully saturated rings. The van der Waals surface area contributed by atoms with E-state index in [9.17, 15) is 4.79 Å². The molecule has 0 aliphatic carbocycles. The van der Waals surface area contributed by atoms with Crippen LogP contribution in [0.5, 0.6) is 0 Å². The van der Waals surface area contributed by atoms with Gasteiger partial charge in [0.05, 0.1) is 0 Å². The molecule has 0 aliphatic heterocycles. The van der Waals surface area contributed by atoms with Crippen molar-refractivity contribution in [3.05, 3.63) is 28.8 Å². The number of carbonyl (C=O) groups excluding carboxylic acids is 1. The Hall–Kier alpha value is -1.22. The molecule has 1 aromatic carbocycles. The summed E-state index contributed by atoms with van der Waals surface area (Å²) in [6.45, 7) is 6.10. The first kappa shape index (κ1) is 14.8. The van der Waals surface area contributed by atoms with Crippen LogP contribution in [0.15, 0.2) is 18.2 Å². The summed E-state index contributed by atoms with van der Waals surface area (Å²) in [5.74, 6) is 0. The third-order valence-electron chi connectivity index (χ3n) is 3.23. The Morgan fingerprint density at radius 3 is 2.50 bits per heavy atom. The molecule has 1 N–H and O–H groups in total. The first-order valence-corrected chi connectivity index (χ1v) is 6.67. The molecule has 1 rings (SSSR count). The number of nitrogens with zero attached hydrogens (tertiary/aromatic N) is 1. The van der Waals surface area contributed by atoms with Gasteiger partial charge in [-0.05, 0) is 37.5 Å². The highest BCUT2D eigenvalue weighted by molar-refractivity contribution is 6.31. The predicted octanol–water partition coefficient (Wildman–Crippen LogP) is 4.30. The minimum atomic E-state index is -0.0939. The Balaban J connectivity index is 2.72. The summed E-state index contributed by atoms with van der Waals surface area (Å²) in [4.78, 5) is 13.8. The Labute approximate surface area is 114 Å². The fraction of sp³-hybridized carbons (Fsp3) is 0.500. The second kappa shape index (κ2) is 6.64. The van der Waals surface area contributed by atoms with E-state index in [0.29, 0.717) is 5.02 Å². The zero-order valence-electron chi connectivity index (χ0n) is 11.5. The van der Waals surface area contributed by atoms with E-state index >= 15 is 0 Å². The Kier molecular flexibility index (Phi) is 5.48. The van der Waals surface area contributed by atoms with Gasteiger partial charge in [-0.2, -0.15) is 0 Å². The molecule has 0 unspecified atom stereocenters. The number of nitrogens with one attached hydrogen (secondary N) is 1. The number of anilines is 1. The normalized spacial score (nSPS) is 10.6. The maximum atomic E-state index is 12.0. The van der Waals surface area contributed by atoms with Gasteiger partial charge in [-0.15, -0.1) is 0 Å². The van der Waals surface area contributed by atoms with Crippen LogP contribution in [0.1, 0.15) is 32.3 Å². The summed E-state index contributed by atoms with van der Waals surface area (Å²) >= 11 is 6.03. The van der Waals surface area contributed by atoms with Gasteiger partial charge in [0.1, 0.15) is 0 Å². The second-order valence-corrected chi connectivity index (χ2v) is 4.88. The maximum Gasteiger partial charge on any atom is 0.321 e.